The Bertz CT molecular complexity index is 840. The topological polar surface area (TPSA) is 73.1 Å². The van der Waals surface area contributed by atoms with Crippen molar-refractivity contribution in [1.82, 2.24) is 20.4 Å². The van der Waals surface area contributed by atoms with Gasteiger partial charge in [-0.1, -0.05) is 12.1 Å². The van der Waals surface area contributed by atoms with E-state index in [4.69, 9.17) is 0 Å². The van der Waals surface area contributed by atoms with Crippen molar-refractivity contribution in [1.29, 1.82) is 0 Å². The lowest BCUT2D eigenvalue weighted by atomic mass is 10.1. The first kappa shape index (κ1) is 16.0. The molecule has 3 rings (SSSR count). The predicted octanol–water partition coefficient (Wildman–Crippen LogP) is 2.60. The summed E-state index contributed by atoms with van der Waals surface area (Å²) in [6.45, 7) is 1.42. The van der Waals surface area contributed by atoms with Crippen LogP contribution in [0.3, 0.4) is 0 Å². The van der Waals surface area contributed by atoms with E-state index in [9.17, 15) is 4.79 Å². The maximum Gasteiger partial charge on any atom is 0.253 e. The molecule has 0 spiro atoms. The number of benzene rings is 2. The van der Waals surface area contributed by atoms with Crippen molar-refractivity contribution in [2.75, 3.05) is 32.5 Å². The number of aromatic nitrogens is 2. The molecule has 0 aliphatic carbocycles. The third-order valence-electron chi connectivity index (χ3n) is 3.74. The second-order valence-electron chi connectivity index (χ2n) is 5.90. The highest BCUT2D eigenvalue weighted by molar-refractivity contribution is 6.00. The van der Waals surface area contributed by atoms with Crippen LogP contribution in [0, 0.1) is 0 Å². The van der Waals surface area contributed by atoms with Gasteiger partial charge in [0.15, 0.2) is 0 Å². The van der Waals surface area contributed by atoms with E-state index < -0.39 is 0 Å². The van der Waals surface area contributed by atoms with Gasteiger partial charge in [0, 0.05) is 24.2 Å². The van der Waals surface area contributed by atoms with Crippen LogP contribution in [-0.2, 0) is 0 Å². The van der Waals surface area contributed by atoms with Gasteiger partial charge in [0.25, 0.3) is 5.91 Å². The summed E-state index contributed by atoms with van der Waals surface area (Å²) < 4.78 is 0. The van der Waals surface area contributed by atoms with Crippen molar-refractivity contribution >= 4 is 28.2 Å². The number of hydrogen-bond donors (Lipinski definition) is 3. The number of nitrogens with one attached hydrogen (secondary N) is 3. The fraction of sp³-hybridized carbons (Fsp3) is 0.222. The number of carbonyl (C=O) groups excluding carboxylic acids is 1. The zero-order chi connectivity index (χ0) is 16.9. The van der Waals surface area contributed by atoms with Gasteiger partial charge >= 0.3 is 0 Å². The number of nitrogens with zero attached hydrogens (tertiary/aromatic N) is 2. The molecule has 0 bridgehead atoms. The number of hydrogen-bond acceptors (Lipinski definition) is 4. The fourth-order valence-electron chi connectivity index (χ4n) is 2.45. The first-order chi connectivity index (χ1) is 11.6. The molecule has 0 radical (unpaired) electrons. The molecule has 0 saturated heterocycles. The van der Waals surface area contributed by atoms with Crippen LogP contribution < -0.4 is 10.6 Å². The lowest BCUT2D eigenvalue weighted by Gasteiger charge is -2.14. The molecule has 1 aromatic heterocycles. The van der Waals surface area contributed by atoms with Crippen LogP contribution in [0.25, 0.3) is 10.9 Å². The van der Waals surface area contributed by atoms with Crippen molar-refractivity contribution < 1.29 is 4.79 Å². The van der Waals surface area contributed by atoms with Gasteiger partial charge in [0.1, 0.15) is 0 Å². The standard InChI is InChI=1S/C18H21N5O/c1-23(2)10-9-19-18(24)15-5-3-4-6-17(15)21-14-7-8-16-13(11-14)12-20-22-16/h3-8,11-12,21H,9-10H2,1-2H3,(H,19,24)(H,20,22). The molecule has 6 nitrogen and oxygen atoms in total. The Kier molecular flexibility index (Phi) is 4.77. The summed E-state index contributed by atoms with van der Waals surface area (Å²) in [6, 6.07) is 13.4. The number of likely N-dealkylation sites (N-methyl/N-ethyl adjacent to an activating group) is 1. The molecule has 24 heavy (non-hydrogen) atoms. The second kappa shape index (κ2) is 7.14. The number of rotatable bonds is 6. The largest absolute Gasteiger partial charge is 0.355 e. The molecular formula is C18H21N5O. The van der Waals surface area contributed by atoms with Gasteiger partial charge in [-0.05, 0) is 44.4 Å². The SMILES string of the molecule is CN(C)CCNC(=O)c1ccccc1Nc1ccc2[nH]ncc2c1. The number of para-hydroxylation sites is 1. The van der Waals surface area contributed by atoms with Gasteiger partial charge < -0.3 is 15.5 Å². The minimum absolute atomic E-state index is 0.0793. The summed E-state index contributed by atoms with van der Waals surface area (Å²) in [5.41, 5.74) is 3.30. The number of carbonyl (C=O) groups is 1. The Hall–Kier alpha value is -2.86. The van der Waals surface area contributed by atoms with Crippen LogP contribution in [0.5, 0.6) is 0 Å². The van der Waals surface area contributed by atoms with Crippen LogP contribution in [0.4, 0.5) is 11.4 Å². The van der Waals surface area contributed by atoms with Gasteiger partial charge in [-0.15, -0.1) is 0 Å². The van der Waals surface area contributed by atoms with Crippen LogP contribution in [0.1, 0.15) is 10.4 Å². The average Bonchev–Trinajstić information content (AvgIpc) is 3.02. The van der Waals surface area contributed by atoms with Gasteiger partial charge in [-0.25, -0.2) is 0 Å². The van der Waals surface area contributed by atoms with Crippen molar-refractivity contribution in [2.45, 2.75) is 0 Å². The predicted molar refractivity (Wildman–Crippen MR) is 96.7 cm³/mol. The molecule has 0 aliphatic heterocycles. The third kappa shape index (κ3) is 3.72. The smallest absolute Gasteiger partial charge is 0.253 e. The molecule has 124 valence electrons. The van der Waals surface area contributed by atoms with Crippen molar-refractivity contribution in [3.05, 3.63) is 54.2 Å². The summed E-state index contributed by atoms with van der Waals surface area (Å²) in [4.78, 5) is 14.5. The first-order valence-corrected chi connectivity index (χ1v) is 7.85. The molecule has 3 aromatic rings. The van der Waals surface area contributed by atoms with E-state index in [-0.39, 0.29) is 5.91 Å². The molecule has 6 heteroatoms. The molecule has 3 N–H and O–H groups in total. The maximum atomic E-state index is 12.4. The zero-order valence-electron chi connectivity index (χ0n) is 13.8. The van der Waals surface area contributed by atoms with Crippen molar-refractivity contribution in [2.24, 2.45) is 0 Å². The Morgan fingerprint density at radius 3 is 2.88 bits per heavy atom. The molecule has 0 unspecified atom stereocenters. The molecule has 1 heterocycles. The van der Waals surface area contributed by atoms with E-state index in [1.54, 1.807) is 6.20 Å². The maximum absolute atomic E-state index is 12.4. The Labute approximate surface area is 140 Å². The van der Waals surface area contributed by atoms with E-state index in [0.717, 1.165) is 28.8 Å². The number of anilines is 2. The van der Waals surface area contributed by atoms with Crippen LogP contribution in [-0.4, -0.2) is 48.2 Å². The molecule has 2 aromatic carbocycles. The summed E-state index contributed by atoms with van der Waals surface area (Å²) in [5.74, 6) is -0.0793. The Balaban J connectivity index is 1.77. The van der Waals surface area contributed by atoms with E-state index in [1.807, 2.05) is 61.5 Å². The van der Waals surface area contributed by atoms with E-state index >= 15 is 0 Å². The molecule has 0 aliphatic rings. The summed E-state index contributed by atoms with van der Waals surface area (Å²) in [6.07, 6.45) is 1.78. The summed E-state index contributed by atoms with van der Waals surface area (Å²) >= 11 is 0. The molecule has 0 fully saturated rings. The van der Waals surface area contributed by atoms with Gasteiger partial charge in [-0.2, -0.15) is 5.10 Å². The molecule has 0 saturated carbocycles. The Morgan fingerprint density at radius 1 is 1.21 bits per heavy atom. The Morgan fingerprint density at radius 2 is 2.04 bits per heavy atom. The molecular weight excluding hydrogens is 302 g/mol. The first-order valence-electron chi connectivity index (χ1n) is 7.85. The third-order valence-corrected chi connectivity index (χ3v) is 3.74. The summed E-state index contributed by atoms with van der Waals surface area (Å²) in [5, 5.41) is 14.2. The average molecular weight is 323 g/mol. The number of amides is 1. The van der Waals surface area contributed by atoms with Crippen LogP contribution in [0.2, 0.25) is 0 Å². The second-order valence-corrected chi connectivity index (χ2v) is 5.90. The van der Waals surface area contributed by atoms with E-state index in [2.05, 4.69) is 20.8 Å². The van der Waals surface area contributed by atoms with E-state index in [0.29, 0.717) is 12.1 Å². The van der Waals surface area contributed by atoms with Crippen LogP contribution in [0.15, 0.2) is 48.7 Å². The van der Waals surface area contributed by atoms with E-state index in [1.165, 1.54) is 0 Å². The number of aromatic amines is 1. The fourth-order valence-corrected chi connectivity index (χ4v) is 2.45. The van der Waals surface area contributed by atoms with Crippen molar-refractivity contribution in [3.63, 3.8) is 0 Å². The normalized spacial score (nSPS) is 11.0. The van der Waals surface area contributed by atoms with Crippen LogP contribution >= 0.6 is 0 Å². The lowest BCUT2D eigenvalue weighted by Crippen LogP contribution is -2.31. The van der Waals surface area contributed by atoms with Gasteiger partial charge in [-0.3, -0.25) is 9.89 Å². The highest BCUT2D eigenvalue weighted by Crippen LogP contribution is 2.23. The van der Waals surface area contributed by atoms with Gasteiger partial charge in [0.2, 0.25) is 0 Å². The molecule has 0 atom stereocenters. The minimum atomic E-state index is -0.0793. The van der Waals surface area contributed by atoms with Gasteiger partial charge in [0.05, 0.1) is 23.0 Å². The van der Waals surface area contributed by atoms with Crippen molar-refractivity contribution in [3.8, 4) is 0 Å². The highest BCUT2D eigenvalue weighted by atomic mass is 16.1. The molecule has 1 amide bonds. The zero-order valence-corrected chi connectivity index (χ0v) is 13.8. The summed E-state index contributed by atoms with van der Waals surface area (Å²) in [7, 11) is 3.96. The number of fused-ring (bicyclic) bond motifs is 1. The quantitative estimate of drug-likeness (QED) is 0.652. The highest BCUT2D eigenvalue weighted by Gasteiger charge is 2.11. The minimum Gasteiger partial charge on any atom is -0.355 e. The lowest BCUT2D eigenvalue weighted by molar-refractivity contribution is 0.0952. The monoisotopic (exact) mass is 323 g/mol. The number of H-pyrrole nitrogens is 1.